The summed E-state index contributed by atoms with van der Waals surface area (Å²) in [6.07, 6.45) is 0.295. The van der Waals surface area contributed by atoms with Crippen LogP contribution in [-0.4, -0.2) is 28.0 Å². The molecule has 0 saturated heterocycles. The highest BCUT2D eigenvalue weighted by Gasteiger charge is 2.12. The number of fused-ring (bicyclic) bond motifs is 1. The van der Waals surface area contributed by atoms with Crippen LogP contribution in [0.4, 0.5) is 5.69 Å². The van der Waals surface area contributed by atoms with Crippen molar-refractivity contribution in [3.63, 3.8) is 0 Å². The van der Waals surface area contributed by atoms with E-state index in [4.69, 9.17) is 9.15 Å². The largest absolute Gasteiger partial charge is 0.462 e. The Balaban J connectivity index is 1.30. The molecule has 2 heterocycles. The van der Waals surface area contributed by atoms with Crippen molar-refractivity contribution in [1.29, 1.82) is 0 Å². The fraction of sp³-hybridized carbons (Fsp3) is 0.167. The summed E-state index contributed by atoms with van der Waals surface area (Å²) in [6.45, 7) is 1.90. The molecule has 0 saturated carbocycles. The van der Waals surface area contributed by atoms with Gasteiger partial charge < -0.3 is 19.5 Å². The lowest BCUT2D eigenvalue weighted by atomic mass is 10.2. The van der Waals surface area contributed by atoms with Crippen LogP contribution in [-0.2, 0) is 11.3 Å². The SMILES string of the molecule is Cc1ccc(C(=O)Nc2ccc(C(=O)OCCCn3c(=O)[nH]c4ccccc4c3=O)cc2)o1. The van der Waals surface area contributed by atoms with Crippen LogP contribution in [0.5, 0.6) is 0 Å². The first-order valence-electron chi connectivity index (χ1n) is 10.3. The minimum absolute atomic E-state index is 0.0356. The van der Waals surface area contributed by atoms with Gasteiger partial charge in [0, 0.05) is 12.2 Å². The maximum absolute atomic E-state index is 12.5. The van der Waals surface area contributed by atoms with E-state index >= 15 is 0 Å². The Morgan fingerprint density at radius 2 is 1.79 bits per heavy atom. The Kier molecular flexibility index (Phi) is 6.21. The molecule has 9 heteroatoms. The number of nitrogens with one attached hydrogen (secondary N) is 2. The highest BCUT2D eigenvalue weighted by atomic mass is 16.5. The first-order chi connectivity index (χ1) is 15.9. The van der Waals surface area contributed by atoms with Gasteiger partial charge in [0.25, 0.3) is 11.5 Å². The van der Waals surface area contributed by atoms with Crippen LogP contribution in [0.2, 0.25) is 0 Å². The molecule has 4 rings (SSSR count). The lowest BCUT2D eigenvalue weighted by Gasteiger charge is -2.08. The first-order valence-corrected chi connectivity index (χ1v) is 10.3. The fourth-order valence-corrected chi connectivity index (χ4v) is 3.31. The van der Waals surface area contributed by atoms with Crippen molar-refractivity contribution in [3.8, 4) is 0 Å². The third kappa shape index (κ3) is 4.93. The van der Waals surface area contributed by atoms with Crippen LogP contribution < -0.4 is 16.6 Å². The Morgan fingerprint density at radius 3 is 2.52 bits per heavy atom. The highest BCUT2D eigenvalue weighted by molar-refractivity contribution is 6.02. The minimum atomic E-state index is -0.547. The molecule has 0 unspecified atom stereocenters. The zero-order valence-electron chi connectivity index (χ0n) is 17.8. The van der Waals surface area contributed by atoms with Gasteiger partial charge in [-0.05, 0) is 61.9 Å². The molecular formula is C24H21N3O6. The van der Waals surface area contributed by atoms with Crippen LogP contribution in [0.1, 0.15) is 33.1 Å². The van der Waals surface area contributed by atoms with E-state index in [-0.39, 0.29) is 24.5 Å². The average molecular weight is 447 g/mol. The molecule has 2 aromatic carbocycles. The molecule has 9 nitrogen and oxygen atoms in total. The summed E-state index contributed by atoms with van der Waals surface area (Å²) in [4.78, 5) is 51.7. The number of amides is 1. The number of esters is 1. The first kappa shape index (κ1) is 21.8. The van der Waals surface area contributed by atoms with Gasteiger partial charge in [0.1, 0.15) is 5.76 Å². The standard InChI is InChI=1S/C24H21N3O6/c1-15-7-12-20(33-15)21(28)25-17-10-8-16(9-11-17)23(30)32-14-4-13-27-22(29)18-5-2-3-6-19(18)26-24(27)31/h2-3,5-12H,4,13-14H2,1H3,(H,25,28)(H,26,31). The second kappa shape index (κ2) is 9.39. The van der Waals surface area contributed by atoms with Gasteiger partial charge in [0.2, 0.25) is 0 Å². The van der Waals surface area contributed by atoms with E-state index < -0.39 is 17.6 Å². The number of carbonyl (C=O) groups is 2. The minimum Gasteiger partial charge on any atom is -0.462 e. The molecule has 168 valence electrons. The monoisotopic (exact) mass is 447 g/mol. The number of hydrogen-bond acceptors (Lipinski definition) is 6. The number of hydrogen-bond donors (Lipinski definition) is 2. The number of carbonyl (C=O) groups excluding carboxylic acids is 2. The van der Waals surface area contributed by atoms with Crippen molar-refractivity contribution in [2.24, 2.45) is 0 Å². The van der Waals surface area contributed by atoms with Gasteiger partial charge in [-0.15, -0.1) is 0 Å². The van der Waals surface area contributed by atoms with Gasteiger partial charge in [-0.25, -0.2) is 9.59 Å². The number of para-hydroxylation sites is 1. The predicted molar refractivity (Wildman–Crippen MR) is 122 cm³/mol. The number of H-pyrrole nitrogens is 1. The molecule has 2 N–H and O–H groups in total. The topological polar surface area (TPSA) is 123 Å². The number of ether oxygens (including phenoxy) is 1. The predicted octanol–water partition coefficient (Wildman–Crippen LogP) is 3.09. The lowest BCUT2D eigenvalue weighted by Crippen LogP contribution is -2.35. The molecule has 0 bridgehead atoms. The normalized spacial score (nSPS) is 10.8. The quantitative estimate of drug-likeness (QED) is 0.331. The van der Waals surface area contributed by atoms with E-state index in [9.17, 15) is 19.2 Å². The number of rotatable bonds is 7. The Labute approximate surface area is 187 Å². The van der Waals surface area contributed by atoms with E-state index in [1.165, 1.54) is 12.1 Å². The average Bonchev–Trinajstić information content (AvgIpc) is 3.25. The maximum Gasteiger partial charge on any atom is 0.338 e. The molecule has 0 aliphatic carbocycles. The van der Waals surface area contributed by atoms with Crippen molar-refractivity contribution >= 4 is 28.5 Å². The van der Waals surface area contributed by atoms with Gasteiger partial charge in [0.05, 0.1) is 23.1 Å². The zero-order valence-corrected chi connectivity index (χ0v) is 17.8. The summed E-state index contributed by atoms with van der Waals surface area (Å²) in [7, 11) is 0. The smallest absolute Gasteiger partial charge is 0.338 e. The third-order valence-corrected chi connectivity index (χ3v) is 4.99. The van der Waals surface area contributed by atoms with Gasteiger partial charge in [0.15, 0.2) is 5.76 Å². The second-order valence-electron chi connectivity index (χ2n) is 7.36. The number of aromatic amines is 1. The van der Waals surface area contributed by atoms with E-state index in [0.717, 1.165) is 4.57 Å². The summed E-state index contributed by atoms with van der Waals surface area (Å²) in [6, 6.07) is 16.3. The van der Waals surface area contributed by atoms with Gasteiger partial charge in [-0.2, -0.15) is 0 Å². The van der Waals surface area contributed by atoms with Crippen molar-refractivity contribution in [1.82, 2.24) is 9.55 Å². The van der Waals surface area contributed by atoms with E-state index in [0.29, 0.717) is 34.3 Å². The van der Waals surface area contributed by atoms with Gasteiger partial charge in [-0.3, -0.25) is 14.2 Å². The number of furan rings is 1. The van der Waals surface area contributed by atoms with Crippen molar-refractivity contribution in [3.05, 3.63) is 98.6 Å². The molecule has 2 aromatic heterocycles. The summed E-state index contributed by atoms with van der Waals surface area (Å²) >= 11 is 0. The van der Waals surface area contributed by atoms with E-state index in [1.807, 2.05) is 0 Å². The fourth-order valence-electron chi connectivity index (χ4n) is 3.31. The van der Waals surface area contributed by atoms with Gasteiger partial charge >= 0.3 is 11.7 Å². The van der Waals surface area contributed by atoms with Crippen LogP contribution >= 0.6 is 0 Å². The molecule has 0 spiro atoms. The number of aryl methyl sites for hydroxylation is 1. The van der Waals surface area contributed by atoms with Crippen molar-refractivity contribution in [2.75, 3.05) is 11.9 Å². The Morgan fingerprint density at radius 1 is 1.03 bits per heavy atom. The molecule has 0 fully saturated rings. The van der Waals surface area contributed by atoms with Crippen LogP contribution in [0.25, 0.3) is 10.9 Å². The highest BCUT2D eigenvalue weighted by Crippen LogP contribution is 2.14. The lowest BCUT2D eigenvalue weighted by molar-refractivity contribution is 0.0495. The summed E-state index contributed by atoms with van der Waals surface area (Å²) in [5.74, 6) is -0.111. The molecule has 33 heavy (non-hydrogen) atoms. The molecule has 0 atom stereocenters. The van der Waals surface area contributed by atoms with E-state index in [1.54, 1.807) is 55.5 Å². The molecular weight excluding hydrogens is 426 g/mol. The molecule has 0 aliphatic rings. The number of benzene rings is 2. The number of nitrogens with zero attached hydrogens (tertiary/aromatic N) is 1. The Hall–Kier alpha value is -4.40. The number of anilines is 1. The molecule has 1 amide bonds. The van der Waals surface area contributed by atoms with Crippen molar-refractivity contribution in [2.45, 2.75) is 19.9 Å². The zero-order chi connectivity index (χ0) is 23.4. The Bertz CT molecular complexity index is 1430. The maximum atomic E-state index is 12.5. The van der Waals surface area contributed by atoms with Crippen LogP contribution in [0.15, 0.2) is 74.7 Å². The summed E-state index contributed by atoms with van der Waals surface area (Å²) in [5.41, 5.74) is 0.396. The molecule has 4 aromatic rings. The third-order valence-electron chi connectivity index (χ3n) is 4.99. The van der Waals surface area contributed by atoms with E-state index in [2.05, 4.69) is 10.3 Å². The molecule has 0 aliphatic heterocycles. The van der Waals surface area contributed by atoms with Crippen LogP contribution in [0, 0.1) is 6.92 Å². The van der Waals surface area contributed by atoms with Crippen molar-refractivity contribution < 1.29 is 18.7 Å². The molecule has 0 radical (unpaired) electrons. The summed E-state index contributed by atoms with van der Waals surface area (Å²) < 4.78 is 11.6. The van der Waals surface area contributed by atoms with Crippen LogP contribution in [0.3, 0.4) is 0 Å². The number of aromatic nitrogens is 2. The van der Waals surface area contributed by atoms with Gasteiger partial charge in [-0.1, -0.05) is 12.1 Å². The second-order valence-corrected chi connectivity index (χ2v) is 7.36. The summed E-state index contributed by atoms with van der Waals surface area (Å²) in [5, 5.41) is 3.10.